The first-order chi connectivity index (χ1) is 16.6. The molecule has 174 valence electrons. The summed E-state index contributed by atoms with van der Waals surface area (Å²) >= 11 is 6.36. The predicted octanol–water partition coefficient (Wildman–Crippen LogP) is 2.68. The van der Waals surface area contributed by atoms with Crippen molar-refractivity contribution in [3.8, 4) is 17.7 Å². The highest BCUT2D eigenvalue weighted by atomic mass is 35.5. The van der Waals surface area contributed by atoms with E-state index in [9.17, 15) is 10.1 Å². The fourth-order valence-electron chi connectivity index (χ4n) is 4.69. The number of ether oxygens (including phenoxy) is 1. The first-order valence-electron chi connectivity index (χ1n) is 11.3. The highest BCUT2D eigenvalue weighted by Gasteiger charge is 2.38. The van der Waals surface area contributed by atoms with E-state index in [0.29, 0.717) is 65.3 Å². The van der Waals surface area contributed by atoms with Gasteiger partial charge in [0, 0.05) is 32.1 Å². The lowest BCUT2D eigenvalue weighted by Crippen LogP contribution is -2.39. The van der Waals surface area contributed by atoms with Crippen molar-refractivity contribution < 1.29 is 9.26 Å². The molecular weight excluding hydrogens is 458 g/mol. The molecule has 3 aromatic heterocycles. The summed E-state index contributed by atoms with van der Waals surface area (Å²) in [5, 5.41) is 14.3. The van der Waals surface area contributed by atoms with Crippen LogP contribution >= 0.6 is 11.6 Å². The minimum atomic E-state index is -0.286. The monoisotopic (exact) mass is 479 g/mol. The van der Waals surface area contributed by atoms with Crippen molar-refractivity contribution in [2.45, 2.75) is 25.8 Å². The van der Waals surface area contributed by atoms with Crippen LogP contribution in [-0.4, -0.2) is 61.8 Å². The number of hydrogen-bond acceptors (Lipinski definition) is 8. The molecule has 0 spiro atoms. The second-order valence-electron chi connectivity index (χ2n) is 8.90. The van der Waals surface area contributed by atoms with Gasteiger partial charge in [0.25, 0.3) is 11.4 Å². The van der Waals surface area contributed by atoms with Gasteiger partial charge < -0.3 is 13.8 Å². The molecule has 2 atom stereocenters. The van der Waals surface area contributed by atoms with Gasteiger partial charge in [-0.2, -0.15) is 10.2 Å². The number of nitrogens with zero attached hydrogens (tertiary/aromatic N) is 7. The van der Waals surface area contributed by atoms with Crippen molar-refractivity contribution in [2.75, 3.05) is 32.8 Å². The molecule has 2 aliphatic rings. The lowest BCUT2D eigenvalue weighted by molar-refractivity contribution is 0.0364. The summed E-state index contributed by atoms with van der Waals surface area (Å²) < 4.78 is 14.2. The van der Waals surface area contributed by atoms with Crippen LogP contribution in [0.4, 0.5) is 0 Å². The van der Waals surface area contributed by atoms with Crippen LogP contribution in [0.15, 0.2) is 27.8 Å². The molecular formula is C23H22ClN7O3. The highest BCUT2D eigenvalue weighted by Crippen LogP contribution is 2.45. The van der Waals surface area contributed by atoms with Gasteiger partial charge in [0.2, 0.25) is 0 Å². The molecule has 1 aliphatic carbocycles. The SMILES string of the molecule is CC1CC1c1noc(-c2ncn3c2c(=O)n(CCN2CCOCC2)c2c(C#N)c(Cl)ccc23)n1. The highest BCUT2D eigenvalue weighted by molar-refractivity contribution is 6.32. The molecule has 34 heavy (non-hydrogen) atoms. The first-order valence-corrected chi connectivity index (χ1v) is 11.7. The molecule has 4 aromatic rings. The number of aromatic nitrogens is 5. The number of hydrogen-bond donors (Lipinski definition) is 0. The van der Waals surface area contributed by atoms with E-state index in [1.54, 1.807) is 27.4 Å². The van der Waals surface area contributed by atoms with E-state index in [0.717, 1.165) is 19.5 Å². The van der Waals surface area contributed by atoms with Gasteiger partial charge in [0.1, 0.15) is 17.9 Å². The fraction of sp³-hybridized carbons (Fsp3) is 0.435. The van der Waals surface area contributed by atoms with Gasteiger partial charge in [0.05, 0.1) is 34.8 Å². The zero-order valence-electron chi connectivity index (χ0n) is 18.6. The Morgan fingerprint density at radius 2 is 2.03 bits per heavy atom. The Hall–Kier alpha value is -3.26. The number of rotatable bonds is 5. The smallest absolute Gasteiger partial charge is 0.278 e. The molecule has 0 N–H and O–H groups in total. The van der Waals surface area contributed by atoms with Crippen LogP contribution in [0, 0.1) is 17.2 Å². The number of imidazole rings is 1. The third-order valence-electron chi connectivity index (χ3n) is 6.79. The van der Waals surface area contributed by atoms with E-state index in [1.165, 1.54) is 0 Å². The number of halogens is 1. The van der Waals surface area contributed by atoms with Crippen LogP contribution in [0.1, 0.15) is 30.7 Å². The lowest BCUT2D eigenvalue weighted by atomic mass is 10.1. The van der Waals surface area contributed by atoms with Crippen LogP contribution in [-0.2, 0) is 11.3 Å². The molecule has 0 amide bonds. The number of morpholine rings is 1. The van der Waals surface area contributed by atoms with Crippen molar-refractivity contribution in [3.05, 3.63) is 45.2 Å². The Morgan fingerprint density at radius 3 is 2.76 bits per heavy atom. The van der Waals surface area contributed by atoms with Gasteiger partial charge in [-0.1, -0.05) is 23.7 Å². The molecule has 1 aliphatic heterocycles. The predicted molar refractivity (Wildman–Crippen MR) is 124 cm³/mol. The van der Waals surface area contributed by atoms with Gasteiger partial charge >= 0.3 is 0 Å². The summed E-state index contributed by atoms with van der Waals surface area (Å²) in [7, 11) is 0. The summed E-state index contributed by atoms with van der Waals surface area (Å²) in [5.41, 5.74) is 1.80. The van der Waals surface area contributed by atoms with Gasteiger partial charge in [-0.15, -0.1) is 0 Å². The van der Waals surface area contributed by atoms with Crippen molar-refractivity contribution in [2.24, 2.45) is 5.92 Å². The summed E-state index contributed by atoms with van der Waals surface area (Å²) in [6, 6.07) is 5.64. The summed E-state index contributed by atoms with van der Waals surface area (Å²) in [4.78, 5) is 25.1. The molecule has 0 bridgehead atoms. The topological polar surface area (TPSA) is 114 Å². The minimum absolute atomic E-state index is 0.224. The van der Waals surface area contributed by atoms with Crippen LogP contribution in [0.5, 0.6) is 0 Å². The Kier molecular flexibility index (Phi) is 5.13. The zero-order valence-corrected chi connectivity index (χ0v) is 19.3. The Morgan fingerprint density at radius 1 is 1.24 bits per heavy atom. The summed E-state index contributed by atoms with van der Waals surface area (Å²) in [6.45, 7) is 6.08. The Balaban J connectivity index is 1.53. The van der Waals surface area contributed by atoms with E-state index in [-0.39, 0.29) is 22.9 Å². The first kappa shape index (κ1) is 21.3. The van der Waals surface area contributed by atoms with Crippen molar-refractivity contribution in [1.82, 2.24) is 29.0 Å². The van der Waals surface area contributed by atoms with Crippen LogP contribution in [0.25, 0.3) is 28.1 Å². The van der Waals surface area contributed by atoms with E-state index >= 15 is 0 Å². The molecule has 1 saturated heterocycles. The van der Waals surface area contributed by atoms with Gasteiger partial charge in [-0.3, -0.25) is 14.1 Å². The van der Waals surface area contributed by atoms with E-state index in [4.69, 9.17) is 20.9 Å². The number of benzene rings is 1. The molecule has 0 radical (unpaired) electrons. The average Bonchev–Trinajstić information content (AvgIpc) is 3.23. The standard InChI is InChI=1S/C23H22ClN7O3/c1-13-10-14(13)21-27-22(34-28-21)18-20-23(32)30(5-4-29-6-8-33-9-7-29)19-15(11-25)16(24)2-3-17(19)31(20)12-26-18/h2-3,12-14H,4-10H2,1H3. The molecule has 1 aromatic carbocycles. The largest absolute Gasteiger partial charge is 0.379 e. The second kappa shape index (κ2) is 8.20. The lowest BCUT2D eigenvalue weighted by Gasteiger charge is -2.27. The van der Waals surface area contributed by atoms with Crippen LogP contribution in [0.2, 0.25) is 5.02 Å². The average molecular weight is 480 g/mol. The van der Waals surface area contributed by atoms with Gasteiger partial charge in [0.15, 0.2) is 11.5 Å². The molecule has 2 unspecified atom stereocenters. The van der Waals surface area contributed by atoms with Crippen LogP contribution in [0.3, 0.4) is 0 Å². The van der Waals surface area contributed by atoms with Crippen molar-refractivity contribution in [3.63, 3.8) is 0 Å². The third-order valence-corrected chi connectivity index (χ3v) is 7.11. The van der Waals surface area contributed by atoms with Crippen molar-refractivity contribution >= 4 is 28.2 Å². The summed E-state index contributed by atoms with van der Waals surface area (Å²) in [6.07, 6.45) is 2.58. The quantitative estimate of drug-likeness (QED) is 0.429. The van der Waals surface area contributed by atoms with Gasteiger partial charge in [-0.25, -0.2) is 4.98 Å². The normalized spacial score (nSPS) is 20.7. The second-order valence-corrected chi connectivity index (χ2v) is 9.31. The van der Waals surface area contributed by atoms with E-state index in [2.05, 4.69) is 33.0 Å². The van der Waals surface area contributed by atoms with Crippen molar-refractivity contribution in [1.29, 1.82) is 5.26 Å². The number of fused-ring (bicyclic) bond motifs is 3. The van der Waals surface area contributed by atoms with Gasteiger partial charge in [-0.05, 0) is 24.5 Å². The third kappa shape index (κ3) is 3.39. The molecule has 11 heteroatoms. The number of nitriles is 1. The maximum Gasteiger partial charge on any atom is 0.278 e. The molecule has 2 fully saturated rings. The van der Waals surface area contributed by atoms with E-state index < -0.39 is 0 Å². The maximum atomic E-state index is 13.9. The Bertz CT molecular complexity index is 1510. The molecule has 1 saturated carbocycles. The fourth-order valence-corrected chi connectivity index (χ4v) is 4.89. The minimum Gasteiger partial charge on any atom is -0.379 e. The molecule has 6 rings (SSSR count). The Labute approximate surface area is 199 Å². The van der Waals surface area contributed by atoms with Crippen LogP contribution < -0.4 is 5.56 Å². The zero-order chi connectivity index (χ0) is 23.4. The summed E-state index contributed by atoms with van der Waals surface area (Å²) in [5.74, 6) is 1.69. The maximum absolute atomic E-state index is 13.9. The van der Waals surface area contributed by atoms with E-state index in [1.807, 2.05) is 0 Å². The molecule has 4 heterocycles. The molecule has 10 nitrogen and oxygen atoms in total.